The first-order chi connectivity index (χ1) is 12.8. The van der Waals surface area contributed by atoms with Gasteiger partial charge in [-0.05, 0) is 38.3 Å². The second kappa shape index (κ2) is 8.26. The largest absolute Gasteiger partial charge is 0.338 e. The van der Waals surface area contributed by atoms with Gasteiger partial charge in [-0.15, -0.1) is 0 Å². The first-order valence-electron chi connectivity index (χ1n) is 9.26. The maximum absolute atomic E-state index is 12.1. The van der Waals surface area contributed by atoms with Crippen molar-refractivity contribution < 1.29 is 13.2 Å². The van der Waals surface area contributed by atoms with Gasteiger partial charge in [0.2, 0.25) is 10.0 Å². The van der Waals surface area contributed by atoms with E-state index >= 15 is 0 Å². The van der Waals surface area contributed by atoms with Crippen LogP contribution in [0.4, 0.5) is 4.79 Å². The maximum atomic E-state index is 12.1. The van der Waals surface area contributed by atoms with E-state index in [1.165, 1.54) is 10.6 Å². The van der Waals surface area contributed by atoms with Crippen molar-refractivity contribution in [1.82, 2.24) is 24.5 Å². The summed E-state index contributed by atoms with van der Waals surface area (Å²) in [6.45, 7) is 4.26. The van der Waals surface area contributed by atoms with Gasteiger partial charge in [-0.3, -0.25) is 0 Å². The highest BCUT2D eigenvalue weighted by Gasteiger charge is 2.25. The van der Waals surface area contributed by atoms with E-state index in [2.05, 4.69) is 26.3 Å². The van der Waals surface area contributed by atoms with Crippen LogP contribution < -0.4 is 10.6 Å². The van der Waals surface area contributed by atoms with E-state index in [9.17, 15) is 13.2 Å². The Labute approximate surface area is 160 Å². The topological polar surface area (TPSA) is 96.3 Å². The van der Waals surface area contributed by atoms with E-state index in [0.29, 0.717) is 32.5 Å². The Morgan fingerprint density at radius 3 is 2.67 bits per heavy atom. The molecule has 1 aromatic carbocycles. The fraction of sp³-hybridized carbons (Fsp3) is 0.556. The minimum absolute atomic E-state index is 0.0165. The molecule has 2 aromatic rings. The fourth-order valence-electron chi connectivity index (χ4n) is 3.49. The smallest absolute Gasteiger partial charge is 0.315 e. The number of benzene rings is 1. The lowest BCUT2D eigenvalue weighted by molar-refractivity contribution is 0.227. The summed E-state index contributed by atoms with van der Waals surface area (Å²) >= 11 is 0. The number of nitrogens with zero attached hydrogens (tertiary/aromatic N) is 3. The number of amides is 2. The van der Waals surface area contributed by atoms with Crippen molar-refractivity contribution in [3.8, 4) is 0 Å². The minimum Gasteiger partial charge on any atom is -0.338 e. The molecule has 2 N–H and O–H groups in total. The zero-order chi connectivity index (χ0) is 19.4. The predicted molar refractivity (Wildman–Crippen MR) is 105 cm³/mol. The molecule has 8 nitrogen and oxygen atoms in total. The van der Waals surface area contributed by atoms with E-state index < -0.39 is 10.0 Å². The molecular weight excluding hydrogens is 366 g/mol. The molecule has 148 valence electrons. The number of nitrogens with one attached hydrogen (secondary N) is 2. The Morgan fingerprint density at radius 2 is 1.96 bits per heavy atom. The van der Waals surface area contributed by atoms with Gasteiger partial charge < -0.3 is 15.2 Å². The molecular formula is C18H27N5O3S. The molecule has 0 bridgehead atoms. The van der Waals surface area contributed by atoms with Crippen molar-refractivity contribution in [2.75, 3.05) is 25.9 Å². The fourth-order valence-corrected chi connectivity index (χ4v) is 4.36. The van der Waals surface area contributed by atoms with E-state index in [-0.39, 0.29) is 12.1 Å². The summed E-state index contributed by atoms with van der Waals surface area (Å²) in [5.74, 6) is 0.971. The molecule has 3 rings (SSSR count). The number of hydrogen-bond acceptors (Lipinski definition) is 4. The summed E-state index contributed by atoms with van der Waals surface area (Å²) in [5, 5.41) is 5.82. The number of aromatic nitrogens is 2. The van der Waals surface area contributed by atoms with Crippen LogP contribution in [-0.2, 0) is 16.6 Å². The van der Waals surface area contributed by atoms with Gasteiger partial charge in [-0.1, -0.05) is 12.1 Å². The summed E-state index contributed by atoms with van der Waals surface area (Å²) in [7, 11) is -3.14. The maximum Gasteiger partial charge on any atom is 0.315 e. The first-order valence-corrected chi connectivity index (χ1v) is 11.1. The standard InChI is InChI=1S/C18H27N5O3S/c1-14-20-16-6-3-4-7-17(16)23(14)11-5-10-19-18(24)21-15-8-12-22(13-9-15)27(2,25)26/h3-4,6-7,15H,5,8-13H2,1-2H3,(H2,19,21,24). The Balaban J connectivity index is 1.39. The lowest BCUT2D eigenvalue weighted by atomic mass is 10.1. The third-order valence-corrected chi connectivity index (χ3v) is 6.25. The molecule has 0 atom stereocenters. The van der Waals surface area contributed by atoms with E-state index in [0.717, 1.165) is 29.8 Å². The van der Waals surface area contributed by atoms with Crippen LogP contribution in [0.1, 0.15) is 25.1 Å². The highest BCUT2D eigenvalue weighted by Crippen LogP contribution is 2.16. The molecule has 9 heteroatoms. The highest BCUT2D eigenvalue weighted by atomic mass is 32.2. The number of urea groups is 1. The normalized spacial score (nSPS) is 16.5. The highest BCUT2D eigenvalue weighted by molar-refractivity contribution is 7.88. The number of rotatable bonds is 6. The number of carbonyl (C=O) groups is 1. The average Bonchev–Trinajstić information content (AvgIpc) is 2.94. The summed E-state index contributed by atoms with van der Waals surface area (Å²) in [6.07, 6.45) is 3.31. The third-order valence-electron chi connectivity index (χ3n) is 4.95. The quantitative estimate of drug-likeness (QED) is 0.726. The second-order valence-electron chi connectivity index (χ2n) is 6.99. The summed E-state index contributed by atoms with van der Waals surface area (Å²) in [5.41, 5.74) is 2.10. The Bertz CT molecular complexity index is 901. The number of sulfonamides is 1. The van der Waals surface area contributed by atoms with Gasteiger partial charge in [-0.25, -0.2) is 22.5 Å². The van der Waals surface area contributed by atoms with Crippen LogP contribution in [0.25, 0.3) is 11.0 Å². The Hall–Kier alpha value is -2.13. The molecule has 0 aliphatic carbocycles. The molecule has 1 saturated heterocycles. The van der Waals surface area contributed by atoms with Crippen molar-refractivity contribution in [2.45, 2.75) is 38.8 Å². The van der Waals surface area contributed by atoms with Crippen LogP contribution in [0, 0.1) is 6.92 Å². The third kappa shape index (κ3) is 4.98. The molecule has 1 aliphatic heterocycles. The van der Waals surface area contributed by atoms with Crippen LogP contribution in [0.15, 0.2) is 24.3 Å². The molecule has 0 spiro atoms. The molecule has 0 radical (unpaired) electrons. The Morgan fingerprint density at radius 1 is 1.26 bits per heavy atom. The lowest BCUT2D eigenvalue weighted by Crippen LogP contribution is -2.49. The molecule has 2 heterocycles. The van der Waals surface area contributed by atoms with Crippen molar-refractivity contribution >= 4 is 27.1 Å². The van der Waals surface area contributed by atoms with Crippen LogP contribution in [0.3, 0.4) is 0 Å². The summed E-state index contributed by atoms with van der Waals surface area (Å²) < 4.78 is 26.6. The summed E-state index contributed by atoms with van der Waals surface area (Å²) in [4.78, 5) is 16.6. The second-order valence-corrected chi connectivity index (χ2v) is 8.97. The van der Waals surface area contributed by atoms with Gasteiger partial charge in [0.15, 0.2) is 0 Å². The molecule has 27 heavy (non-hydrogen) atoms. The molecule has 2 amide bonds. The van der Waals surface area contributed by atoms with Crippen LogP contribution in [0.5, 0.6) is 0 Å². The van der Waals surface area contributed by atoms with E-state index in [4.69, 9.17) is 0 Å². The van der Waals surface area contributed by atoms with Crippen LogP contribution >= 0.6 is 0 Å². The SMILES string of the molecule is Cc1nc2ccccc2n1CCCNC(=O)NC1CCN(S(C)(=O)=O)CC1. The molecule has 1 aromatic heterocycles. The minimum atomic E-state index is -3.14. The van der Waals surface area contributed by atoms with E-state index in [1.807, 2.05) is 25.1 Å². The monoisotopic (exact) mass is 393 g/mol. The van der Waals surface area contributed by atoms with Crippen molar-refractivity contribution in [3.05, 3.63) is 30.1 Å². The van der Waals surface area contributed by atoms with Gasteiger partial charge >= 0.3 is 6.03 Å². The van der Waals surface area contributed by atoms with Crippen LogP contribution in [0.2, 0.25) is 0 Å². The number of fused-ring (bicyclic) bond motifs is 1. The zero-order valence-electron chi connectivity index (χ0n) is 15.8. The van der Waals surface area contributed by atoms with Crippen molar-refractivity contribution in [1.29, 1.82) is 0 Å². The van der Waals surface area contributed by atoms with E-state index in [1.54, 1.807) is 0 Å². The van der Waals surface area contributed by atoms with Gasteiger partial charge in [0, 0.05) is 32.2 Å². The van der Waals surface area contributed by atoms with Gasteiger partial charge in [0.1, 0.15) is 5.82 Å². The predicted octanol–water partition coefficient (Wildman–Crippen LogP) is 1.46. The number of piperidine rings is 1. The Kier molecular flexibility index (Phi) is 6.01. The van der Waals surface area contributed by atoms with Crippen LogP contribution in [-0.4, -0.2) is 60.2 Å². The average molecular weight is 394 g/mol. The number of para-hydroxylation sites is 2. The van der Waals surface area contributed by atoms with Gasteiger partial charge in [0.25, 0.3) is 0 Å². The number of aryl methyl sites for hydroxylation is 2. The first kappa shape index (κ1) is 19.6. The van der Waals surface area contributed by atoms with Gasteiger partial charge in [-0.2, -0.15) is 0 Å². The number of imidazole rings is 1. The molecule has 1 fully saturated rings. The zero-order valence-corrected chi connectivity index (χ0v) is 16.6. The van der Waals surface area contributed by atoms with Crippen molar-refractivity contribution in [2.24, 2.45) is 0 Å². The number of hydrogen-bond donors (Lipinski definition) is 2. The summed E-state index contributed by atoms with van der Waals surface area (Å²) in [6, 6.07) is 7.85. The number of carbonyl (C=O) groups excluding carboxylic acids is 1. The molecule has 0 unspecified atom stereocenters. The molecule has 0 saturated carbocycles. The van der Waals surface area contributed by atoms with Crippen molar-refractivity contribution in [3.63, 3.8) is 0 Å². The molecule has 1 aliphatic rings. The van der Waals surface area contributed by atoms with Gasteiger partial charge in [0.05, 0.1) is 17.3 Å². The lowest BCUT2D eigenvalue weighted by Gasteiger charge is -2.30.